The van der Waals surface area contributed by atoms with Crippen molar-refractivity contribution >= 4 is 39.3 Å². The first-order chi connectivity index (χ1) is 17.3. The summed E-state index contributed by atoms with van der Waals surface area (Å²) in [6, 6.07) is 11.1. The van der Waals surface area contributed by atoms with E-state index in [9.17, 15) is 14.4 Å². The number of likely N-dealkylation sites (tertiary alicyclic amines) is 1. The van der Waals surface area contributed by atoms with Gasteiger partial charge >= 0.3 is 0 Å². The summed E-state index contributed by atoms with van der Waals surface area (Å²) in [5.74, 6) is -1.14. The molecule has 0 aliphatic carbocycles. The summed E-state index contributed by atoms with van der Waals surface area (Å²) in [5.41, 5.74) is 2.30. The van der Waals surface area contributed by atoms with Gasteiger partial charge in [-0.15, -0.1) is 0 Å². The van der Waals surface area contributed by atoms with Crippen LogP contribution >= 0.6 is 0 Å². The number of rotatable bonds is 6. The van der Waals surface area contributed by atoms with Gasteiger partial charge in [0, 0.05) is 44.4 Å². The number of methoxy groups -OCH3 is 1. The number of hydrogen-bond acceptors (Lipinski definition) is 6. The molecule has 2 aromatic carbocycles. The highest BCUT2D eigenvalue weighted by Gasteiger charge is 2.32. The zero-order valence-electron chi connectivity index (χ0n) is 19.9. The maximum Gasteiger partial charge on any atom is 0.272 e. The van der Waals surface area contributed by atoms with E-state index in [2.05, 4.69) is 28.6 Å². The molecule has 0 spiro atoms. The Bertz CT molecular complexity index is 1630. The van der Waals surface area contributed by atoms with Crippen molar-refractivity contribution in [2.75, 3.05) is 20.2 Å². The van der Waals surface area contributed by atoms with Crippen molar-refractivity contribution in [1.82, 2.24) is 29.5 Å². The fraction of sp³-hybridized carbons (Fsp3) is 0.192. The average molecular weight is 485 g/mol. The number of fused-ring (bicyclic) bond motifs is 2. The first kappa shape index (κ1) is 23.2. The summed E-state index contributed by atoms with van der Waals surface area (Å²) >= 11 is 0. The molecule has 2 aromatic heterocycles. The molecule has 1 saturated heterocycles. The number of amides is 2. The van der Waals surface area contributed by atoms with Crippen molar-refractivity contribution in [2.24, 2.45) is 7.05 Å². The average Bonchev–Trinajstić information content (AvgIpc) is 3.22. The number of aryl methyl sites for hydroxylation is 1. The second kappa shape index (κ2) is 8.90. The number of para-hydroxylation sites is 1. The number of carbonyl (C=O) groups is 2. The molecule has 5 rings (SSSR count). The number of carbonyl (C=O) groups excluding carboxylic acids is 2. The third-order valence-corrected chi connectivity index (χ3v) is 6.26. The van der Waals surface area contributed by atoms with Crippen molar-refractivity contribution in [1.29, 1.82) is 0 Å². The van der Waals surface area contributed by atoms with Crippen LogP contribution in [-0.2, 0) is 21.4 Å². The molecular formula is C26H24N6O4. The minimum Gasteiger partial charge on any atom is -0.378 e. The van der Waals surface area contributed by atoms with Crippen LogP contribution in [0.15, 0.2) is 72.6 Å². The van der Waals surface area contributed by atoms with Crippen LogP contribution in [0.5, 0.6) is 0 Å². The highest BCUT2D eigenvalue weighted by molar-refractivity contribution is 6.15. The van der Waals surface area contributed by atoms with Crippen LogP contribution in [-0.4, -0.2) is 62.3 Å². The Morgan fingerprint density at radius 1 is 1.17 bits per heavy atom. The fourth-order valence-electron chi connectivity index (χ4n) is 4.21. The third-order valence-electron chi connectivity index (χ3n) is 6.26. The van der Waals surface area contributed by atoms with Crippen LogP contribution in [0.2, 0.25) is 0 Å². The van der Waals surface area contributed by atoms with Crippen LogP contribution in [0.4, 0.5) is 0 Å². The van der Waals surface area contributed by atoms with E-state index in [-0.39, 0.29) is 17.5 Å². The molecule has 2 amide bonds. The molecule has 0 unspecified atom stereocenters. The number of aromatic nitrogens is 4. The van der Waals surface area contributed by atoms with Crippen LogP contribution in [0, 0.1) is 0 Å². The molecule has 36 heavy (non-hydrogen) atoms. The zero-order chi connectivity index (χ0) is 25.6. The van der Waals surface area contributed by atoms with Crippen molar-refractivity contribution < 1.29 is 14.3 Å². The van der Waals surface area contributed by atoms with Gasteiger partial charge in [0.15, 0.2) is 0 Å². The van der Waals surface area contributed by atoms with Crippen LogP contribution < -0.4 is 10.9 Å². The second-order valence-electron chi connectivity index (χ2n) is 8.65. The maximum absolute atomic E-state index is 13.3. The zero-order valence-corrected chi connectivity index (χ0v) is 19.9. The number of nitrogens with zero attached hydrogens (tertiary/aromatic N) is 5. The molecule has 0 saturated carbocycles. The van der Waals surface area contributed by atoms with Gasteiger partial charge in [-0.25, -0.2) is 4.98 Å². The summed E-state index contributed by atoms with van der Waals surface area (Å²) in [4.78, 5) is 44.4. The Hall–Kier alpha value is -4.57. The lowest BCUT2D eigenvalue weighted by atomic mass is 10.0. The summed E-state index contributed by atoms with van der Waals surface area (Å²) < 4.78 is 7.96. The van der Waals surface area contributed by atoms with Crippen LogP contribution in [0.1, 0.15) is 0 Å². The third kappa shape index (κ3) is 3.97. The standard InChI is InChI=1S/C26H24N6O4/c1-15(25(34)31-12-19(13-31)36-4)28-24(33)16(2)32-14-27-23-20(6-5-7-21(23)26(32)35)17-8-9-22-18(10-17)11-30(3)29-22/h5-11,14,19H,1-2,12-13H2,3-4H3,(H,28,33). The Morgan fingerprint density at radius 2 is 1.94 bits per heavy atom. The molecule has 182 valence electrons. The Balaban J connectivity index is 1.40. The topological polar surface area (TPSA) is 111 Å². The van der Waals surface area contributed by atoms with E-state index < -0.39 is 17.4 Å². The van der Waals surface area contributed by atoms with Gasteiger partial charge in [-0.1, -0.05) is 31.4 Å². The van der Waals surface area contributed by atoms with E-state index in [1.54, 1.807) is 23.9 Å². The molecular weight excluding hydrogens is 460 g/mol. The fourth-order valence-corrected chi connectivity index (χ4v) is 4.21. The SMILES string of the molecule is C=C(NC(=O)C(=C)n1cnc2c(-c3ccc4nn(C)cc4c3)cccc2c1=O)C(=O)N1CC(OC)C1. The predicted octanol–water partition coefficient (Wildman–Crippen LogP) is 1.91. The molecule has 1 aliphatic rings. The lowest BCUT2D eigenvalue weighted by molar-refractivity contribution is -0.139. The molecule has 1 aliphatic heterocycles. The molecule has 4 aromatic rings. The molecule has 10 heteroatoms. The predicted molar refractivity (Wildman–Crippen MR) is 136 cm³/mol. The monoisotopic (exact) mass is 484 g/mol. The van der Waals surface area contributed by atoms with Crippen molar-refractivity contribution in [2.45, 2.75) is 6.10 Å². The van der Waals surface area contributed by atoms with Crippen LogP contribution in [0.3, 0.4) is 0 Å². The van der Waals surface area contributed by atoms with Crippen molar-refractivity contribution in [3.63, 3.8) is 0 Å². The van der Waals surface area contributed by atoms with E-state index in [4.69, 9.17) is 4.74 Å². The van der Waals surface area contributed by atoms with E-state index in [0.29, 0.717) is 24.0 Å². The molecule has 1 fully saturated rings. The first-order valence-corrected chi connectivity index (χ1v) is 11.2. The van der Waals surface area contributed by atoms with Gasteiger partial charge in [0.25, 0.3) is 17.4 Å². The Morgan fingerprint density at radius 3 is 2.69 bits per heavy atom. The van der Waals surface area contributed by atoms with Gasteiger partial charge in [0.1, 0.15) is 12.0 Å². The number of benzene rings is 2. The van der Waals surface area contributed by atoms with Crippen molar-refractivity contribution in [3.8, 4) is 11.1 Å². The largest absolute Gasteiger partial charge is 0.378 e. The summed E-state index contributed by atoms with van der Waals surface area (Å²) in [6.07, 6.45) is 3.16. The lowest BCUT2D eigenvalue weighted by Gasteiger charge is -2.38. The highest BCUT2D eigenvalue weighted by Crippen LogP contribution is 2.28. The first-order valence-electron chi connectivity index (χ1n) is 11.2. The minimum absolute atomic E-state index is 0.0224. The summed E-state index contributed by atoms with van der Waals surface area (Å²) in [7, 11) is 3.43. The van der Waals surface area contributed by atoms with Gasteiger partial charge in [-0.3, -0.25) is 23.6 Å². The molecule has 0 atom stereocenters. The number of hydrogen-bond donors (Lipinski definition) is 1. The molecule has 3 heterocycles. The molecule has 0 radical (unpaired) electrons. The highest BCUT2D eigenvalue weighted by atomic mass is 16.5. The van der Waals surface area contributed by atoms with Gasteiger partial charge in [0.05, 0.1) is 28.2 Å². The minimum atomic E-state index is -0.724. The lowest BCUT2D eigenvalue weighted by Crippen LogP contribution is -2.55. The van der Waals surface area contributed by atoms with Crippen molar-refractivity contribution in [3.05, 3.63) is 78.1 Å². The summed E-state index contributed by atoms with van der Waals surface area (Å²) in [5, 5.41) is 8.12. The summed E-state index contributed by atoms with van der Waals surface area (Å²) in [6.45, 7) is 8.24. The smallest absolute Gasteiger partial charge is 0.272 e. The molecule has 10 nitrogen and oxygen atoms in total. The van der Waals surface area contributed by atoms with Gasteiger partial charge in [-0.05, 0) is 23.8 Å². The Kier molecular flexibility index (Phi) is 5.73. The van der Waals surface area contributed by atoms with E-state index in [1.165, 1.54) is 11.2 Å². The molecule has 0 bridgehead atoms. The van der Waals surface area contributed by atoms with E-state index in [1.807, 2.05) is 37.5 Å². The van der Waals surface area contributed by atoms with Gasteiger partial charge in [-0.2, -0.15) is 5.10 Å². The van der Waals surface area contributed by atoms with E-state index in [0.717, 1.165) is 26.6 Å². The second-order valence-corrected chi connectivity index (χ2v) is 8.65. The van der Waals surface area contributed by atoms with Gasteiger partial charge in [0.2, 0.25) is 0 Å². The molecule has 1 N–H and O–H groups in total. The number of nitrogens with one attached hydrogen (secondary N) is 1. The maximum atomic E-state index is 13.3. The van der Waals surface area contributed by atoms with Crippen LogP contribution in [0.25, 0.3) is 38.6 Å². The normalized spacial score (nSPS) is 13.6. The van der Waals surface area contributed by atoms with E-state index >= 15 is 0 Å². The quantitative estimate of drug-likeness (QED) is 0.419. The number of ether oxygens (including phenoxy) is 1. The van der Waals surface area contributed by atoms with Gasteiger partial charge < -0.3 is 15.0 Å². The Labute approximate surface area is 206 Å².